The number of hydrogen-bond acceptors (Lipinski definition) is 2. The molecule has 0 saturated heterocycles. The predicted molar refractivity (Wildman–Crippen MR) is 45.2 cm³/mol. The molecule has 0 aromatic carbocycles. The Morgan fingerprint density at radius 3 is 1.00 bits per heavy atom. The molecule has 3 nitrogen and oxygen atoms in total. The second-order valence-corrected chi connectivity index (χ2v) is 0.651. The molecule has 1 atom stereocenters. The zero-order valence-corrected chi connectivity index (χ0v) is 2.49. The van der Waals surface area contributed by atoms with Crippen LogP contribution in [0.4, 0.5) is 0 Å². The lowest BCUT2D eigenvalue weighted by molar-refractivity contribution is 0.436. The highest BCUT2D eigenvalue weighted by atomic mass is 32.2. The fraction of sp³-hybridized carbons (Fsp3) is 1.00. The summed E-state index contributed by atoms with van der Waals surface area (Å²) < 4.78 is 24.1. The van der Waals surface area contributed by atoms with E-state index in [4.69, 9.17) is 13.3 Å². The third-order valence-corrected chi connectivity index (χ3v) is 0. The van der Waals surface area contributed by atoms with Gasteiger partial charge in [0.15, 0.2) is 0 Å². The Kier molecular flexibility index (Phi) is 298. The fourth-order valence-corrected chi connectivity index (χ4v) is 0. The van der Waals surface area contributed by atoms with Crippen LogP contribution in [-0.2, 0) is 11.4 Å². The van der Waals surface area contributed by atoms with Crippen molar-refractivity contribution in [1.29, 1.82) is 0 Å². The Morgan fingerprint density at radius 1 is 1.00 bits per heavy atom. The van der Waals surface area contributed by atoms with Gasteiger partial charge in [0.2, 0.25) is 0 Å². The van der Waals surface area contributed by atoms with Crippen molar-refractivity contribution in [3.63, 3.8) is 0 Å². The zero-order valence-electron chi connectivity index (χ0n) is 1.67. The number of rotatable bonds is 0. The van der Waals surface area contributed by atoms with Gasteiger partial charge < -0.3 is 9.11 Å². The first-order valence-electron chi connectivity index (χ1n) is 0.516. The molecule has 0 radical (unpaired) electrons. The number of hydrogen-bond donors (Lipinski definition) is 1. The summed E-state index contributed by atoms with van der Waals surface area (Å²) in [5, 5.41) is 0. The summed E-state index contributed by atoms with van der Waals surface area (Å²) >= 11 is -2.86. The van der Waals surface area contributed by atoms with Crippen LogP contribution >= 0.6 is 0 Å². The maximum absolute atomic E-state index is 8.56. The van der Waals surface area contributed by atoms with Gasteiger partial charge in [-0.15, -0.1) is 0 Å². The first-order valence-corrected chi connectivity index (χ1v) is 1.55. The summed E-state index contributed by atoms with van der Waals surface area (Å²) in [6, 6.07) is 0. The molecular formula is C5H21O3S-. The van der Waals surface area contributed by atoms with E-state index in [-0.39, 0.29) is 37.1 Å². The molecule has 0 heterocycles. The molecule has 0 aliphatic heterocycles. The van der Waals surface area contributed by atoms with Gasteiger partial charge in [-0.3, -0.25) is 0 Å². The van der Waals surface area contributed by atoms with Gasteiger partial charge in [0.1, 0.15) is 0 Å². The van der Waals surface area contributed by atoms with Crippen LogP contribution < -0.4 is 0 Å². The minimum atomic E-state index is -2.86. The van der Waals surface area contributed by atoms with Crippen molar-refractivity contribution in [3.8, 4) is 0 Å². The molecule has 0 aromatic rings. The molecule has 1 unspecified atom stereocenters. The quantitative estimate of drug-likeness (QED) is 0.555. The van der Waals surface area contributed by atoms with Crippen LogP contribution in [0.15, 0.2) is 0 Å². The lowest BCUT2D eigenvalue weighted by Crippen LogP contribution is -1.75. The van der Waals surface area contributed by atoms with E-state index in [0.29, 0.717) is 0 Å². The SMILES string of the molecule is C.C.C.C.C.O=S([O-])O. The highest BCUT2D eigenvalue weighted by Gasteiger charge is 1.42. The molecule has 9 heavy (non-hydrogen) atoms. The molecule has 0 saturated carbocycles. The lowest BCUT2D eigenvalue weighted by Gasteiger charge is -1.83. The van der Waals surface area contributed by atoms with Crippen LogP contribution in [0.1, 0.15) is 37.1 Å². The normalized spacial score (nSPS) is 6.89. The summed E-state index contributed by atoms with van der Waals surface area (Å²) in [5.74, 6) is 0. The zero-order chi connectivity index (χ0) is 3.58. The molecule has 4 heteroatoms. The monoisotopic (exact) mass is 161 g/mol. The molecule has 0 rings (SSSR count). The van der Waals surface area contributed by atoms with Crippen molar-refractivity contribution in [3.05, 3.63) is 0 Å². The average molecular weight is 161 g/mol. The van der Waals surface area contributed by atoms with Gasteiger partial charge in [0, 0.05) is 0 Å². The van der Waals surface area contributed by atoms with Crippen LogP contribution in [0.5, 0.6) is 0 Å². The lowest BCUT2D eigenvalue weighted by atomic mass is 12.0. The molecule has 0 fully saturated rings. The van der Waals surface area contributed by atoms with E-state index in [1.807, 2.05) is 0 Å². The molecule has 0 amide bonds. The van der Waals surface area contributed by atoms with E-state index in [2.05, 4.69) is 0 Å². The molecule has 0 spiro atoms. The summed E-state index contributed by atoms with van der Waals surface area (Å²) in [6.45, 7) is 0. The van der Waals surface area contributed by atoms with Gasteiger partial charge in [0.05, 0.1) is 11.4 Å². The van der Waals surface area contributed by atoms with Gasteiger partial charge in [-0.1, -0.05) is 37.1 Å². The van der Waals surface area contributed by atoms with Crippen LogP contribution in [0.2, 0.25) is 0 Å². The first-order chi connectivity index (χ1) is 1.73. The van der Waals surface area contributed by atoms with Crippen molar-refractivity contribution in [2.75, 3.05) is 0 Å². The molecule has 0 aliphatic rings. The van der Waals surface area contributed by atoms with Gasteiger partial charge in [-0.2, -0.15) is 0 Å². The van der Waals surface area contributed by atoms with Crippen molar-refractivity contribution in [2.24, 2.45) is 0 Å². The maximum Gasteiger partial charge on any atom is 0.0814 e. The molecular weight excluding hydrogens is 140 g/mol. The van der Waals surface area contributed by atoms with Crippen LogP contribution in [-0.4, -0.2) is 13.3 Å². The van der Waals surface area contributed by atoms with Crippen molar-refractivity contribution >= 4 is 11.4 Å². The minimum Gasteiger partial charge on any atom is -0.750 e. The van der Waals surface area contributed by atoms with Crippen molar-refractivity contribution in [1.82, 2.24) is 0 Å². The Morgan fingerprint density at radius 2 is 1.00 bits per heavy atom. The topological polar surface area (TPSA) is 60.4 Å². The smallest absolute Gasteiger partial charge is 0.0814 e. The van der Waals surface area contributed by atoms with E-state index in [1.165, 1.54) is 0 Å². The summed E-state index contributed by atoms with van der Waals surface area (Å²) in [6.07, 6.45) is 0. The van der Waals surface area contributed by atoms with E-state index < -0.39 is 11.4 Å². The van der Waals surface area contributed by atoms with Gasteiger partial charge in [0.25, 0.3) is 0 Å². The van der Waals surface area contributed by atoms with Gasteiger partial charge >= 0.3 is 0 Å². The second-order valence-electron chi connectivity index (χ2n) is 0.217. The maximum atomic E-state index is 8.56. The Hall–Kier alpha value is 0.0700. The standard InChI is InChI=1S/5CH4.H2O3S/c;;;;;1-4(2)3/h5*1H4;(H2,1,2,3)/p-1. The molecule has 0 aromatic heterocycles. The van der Waals surface area contributed by atoms with Crippen LogP contribution in [0.25, 0.3) is 0 Å². The fourth-order valence-electron chi connectivity index (χ4n) is 0. The molecule has 1 N–H and O–H groups in total. The first kappa shape index (κ1) is 62.7. The Balaban J connectivity index is -0.00000000450. The Bertz CT molecular complexity index is 35.2. The largest absolute Gasteiger partial charge is 0.750 e. The van der Waals surface area contributed by atoms with Gasteiger partial charge in [-0.25, -0.2) is 4.21 Å². The van der Waals surface area contributed by atoms with E-state index >= 15 is 0 Å². The second kappa shape index (κ2) is 42.8. The van der Waals surface area contributed by atoms with Crippen LogP contribution in [0, 0.1) is 0 Å². The summed E-state index contributed by atoms with van der Waals surface area (Å²) in [4.78, 5) is 0. The van der Waals surface area contributed by atoms with Crippen LogP contribution in [0.3, 0.4) is 0 Å². The minimum absolute atomic E-state index is 0. The van der Waals surface area contributed by atoms with E-state index in [1.54, 1.807) is 0 Å². The highest BCUT2D eigenvalue weighted by Crippen LogP contribution is 1.43. The third-order valence-electron chi connectivity index (χ3n) is 0. The van der Waals surface area contributed by atoms with Crippen molar-refractivity contribution in [2.45, 2.75) is 37.1 Å². The molecule has 0 bridgehead atoms. The molecule has 0 aliphatic carbocycles. The van der Waals surface area contributed by atoms with Crippen molar-refractivity contribution < 1.29 is 13.3 Å². The summed E-state index contributed by atoms with van der Waals surface area (Å²) in [7, 11) is 0. The summed E-state index contributed by atoms with van der Waals surface area (Å²) in [5.41, 5.74) is 0. The predicted octanol–water partition coefficient (Wildman–Crippen LogP) is 2.52. The van der Waals surface area contributed by atoms with Gasteiger partial charge in [-0.05, 0) is 0 Å². The highest BCUT2D eigenvalue weighted by molar-refractivity contribution is 7.73. The average Bonchev–Trinajstić information content (AvgIpc) is 0.811. The molecule has 66 valence electrons. The Labute approximate surface area is 62.6 Å². The van der Waals surface area contributed by atoms with E-state index in [9.17, 15) is 0 Å². The van der Waals surface area contributed by atoms with E-state index in [0.717, 1.165) is 0 Å². The third kappa shape index (κ3) is 60700.